The van der Waals surface area contributed by atoms with Crippen molar-refractivity contribution >= 4 is 33.6 Å². The molecule has 0 aliphatic carbocycles. The van der Waals surface area contributed by atoms with Crippen molar-refractivity contribution in [2.45, 2.75) is 39.5 Å². The molecule has 0 radical (unpaired) electrons. The van der Waals surface area contributed by atoms with Crippen molar-refractivity contribution in [3.8, 4) is 0 Å². The maximum atomic E-state index is 13.4. The number of aryl methyl sites for hydroxylation is 1. The molecule has 0 saturated carbocycles. The molecule has 0 fully saturated rings. The lowest BCUT2D eigenvalue weighted by molar-refractivity contribution is 0.0698. The van der Waals surface area contributed by atoms with E-state index in [2.05, 4.69) is 33.4 Å². The predicted molar refractivity (Wildman–Crippen MR) is 146 cm³/mol. The first-order valence-electron chi connectivity index (χ1n) is 12.9. The van der Waals surface area contributed by atoms with Crippen LogP contribution >= 0.6 is 0 Å². The standard InChI is InChI=1S/C30H29N5O3/c1-2-35-26-13-14-34(17-21-16-31-27-23(21)11-6-12-24(27)30(37)38)18-25(26)28(33-35)29(36)32-15-20-9-5-8-19-7-3-4-10-22(19)20/h3-12,16,31H,2,13-15,17-18H2,1H3,(H,32,36)(H,37,38). The number of carbonyl (C=O) groups excluding carboxylic acids is 1. The number of hydrogen-bond donors (Lipinski definition) is 3. The third-order valence-corrected chi connectivity index (χ3v) is 7.47. The molecule has 0 atom stereocenters. The minimum absolute atomic E-state index is 0.165. The van der Waals surface area contributed by atoms with Crippen LogP contribution in [0.15, 0.2) is 66.9 Å². The fraction of sp³-hybridized carbons (Fsp3) is 0.233. The summed E-state index contributed by atoms with van der Waals surface area (Å²) in [4.78, 5) is 30.4. The van der Waals surface area contributed by atoms with Gasteiger partial charge in [0, 0.05) is 62.0 Å². The van der Waals surface area contributed by atoms with Gasteiger partial charge in [-0.1, -0.05) is 54.6 Å². The molecule has 0 spiro atoms. The van der Waals surface area contributed by atoms with E-state index < -0.39 is 5.97 Å². The summed E-state index contributed by atoms with van der Waals surface area (Å²) in [7, 11) is 0. The summed E-state index contributed by atoms with van der Waals surface area (Å²) in [5.74, 6) is -1.11. The van der Waals surface area contributed by atoms with Gasteiger partial charge in [0.1, 0.15) is 0 Å². The third kappa shape index (κ3) is 4.22. The van der Waals surface area contributed by atoms with Crippen LogP contribution < -0.4 is 5.32 Å². The number of carboxylic acid groups (broad SMARTS) is 1. The Morgan fingerprint density at radius 3 is 2.66 bits per heavy atom. The van der Waals surface area contributed by atoms with Crippen LogP contribution in [-0.4, -0.2) is 43.2 Å². The highest BCUT2D eigenvalue weighted by molar-refractivity contribution is 6.03. The lowest BCUT2D eigenvalue weighted by atomic mass is 10.0. The SMILES string of the molecule is CCn1nc(C(=O)NCc2cccc3ccccc23)c2c1CCN(Cc1c[nH]c3c(C(=O)O)cccc13)C2. The molecule has 38 heavy (non-hydrogen) atoms. The van der Waals surface area contributed by atoms with Crippen LogP contribution in [0.25, 0.3) is 21.7 Å². The van der Waals surface area contributed by atoms with E-state index in [0.29, 0.717) is 37.4 Å². The summed E-state index contributed by atoms with van der Waals surface area (Å²) in [5.41, 5.74) is 5.59. The smallest absolute Gasteiger partial charge is 0.337 e. The van der Waals surface area contributed by atoms with E-state index in [0.717, 1.165) is 51.5 Å². The van der Waals surface area contributed by atoms with Crippen LogP contribution in [0.1, 0.15) is 50.2 Å². The zero-order chi connectivity index (χ0) is 26.2. The van der Waals surface area contributed by atoms with E-state index in [1.807, 2.05) is 48.1 Å². The van der Waals surface area contributed by atoms with E-state index in [4.69, 9.17) is 5.10 Å². The zero-order valence-electron chi connectivity index (χ0n) is 21.2. The summed E-state index contributed by atoms with van der Waals surface area (Å²) >= 11 is 0. The summed E-state index contributed by atoms with van der Waals surface area (Å²) < 4.78 is 1.95. The minimum Gasteiger partial charge on any atom is -0.478 e. The molecule has 0 saturated heterocycles. The van der Waals surface area contributed by atoms with Gasteiger partial charge in [-0.15, -0.1) is 0 Å². The molecule has 2 aromatic heterocycles. The van der Waals surface area contributed by atoms with Gasteiger partial charge < -0.3 is 15.4 Å². The first-order valence-corrected chi connectivity index (χ1v) is 12.9. The summed E-state index contributed by atoms with van der Waals surface area (Å²) in [6.45, 7) is 5.28. The Labute approximate surface area is 219 Å². The van der Waals surface area contributed by atoms with Crippen LogP contribution in [0.4, 0.5) is 0 Å². The molecule has 0 unspecified atom stereocenters. The number of fused-ring (bicyclic) bond motifs is 3. The normalized spacial score (nSPS) is 13.6. The minimum atomic E-state index is -0.947. The lowest BCUT2D eigenvalue weighted by Gasteiger charge is -2.27. The van der Waals surface area contributed by atoms with Gasteiger partial charge >= 0.3 is 5.97 Å². The Kier molecular flexibility index (Phi) is 6.17. The van der Waals surface area contributed by atoms with Crippen molar-refractivity contribution in [1.29, 1.82) is 0 Å². The van der Waals surface area contributed by atoms with Crippen molar-refractivity contribution in [2.75, 3.05) is 6.54 Å². The average Bonchev–Trinajstić information content (AvgIpc) is 3.52. The van der Waals surface area contributed by atoms with Gasteiger partial charge in [-0.05, 0) is 34.9 Å². The van der Waals surface area contributed by atoms with Gasteiger partial charge in [-0.2, -0.15) is 5.10 Å². The number of H-pyrrole nitrogens is 1. The van der Waals surface area contributed by atoms with Crippen LogP contribution in [-0.2, 0) is 32.6 Å². The number of amides is 1. The second kappa shape index (κ2) is 9.79. The third-order valence-electron chi connectivity index (χ3n) is 7.47. The number of aromatic nitrogens is 3. The quantitative estimate of drug-likeness (QED) is 0.296. The maximum absolute atomic E-state index is 13.4. The van der Waals surface area contributed by atoms with E-state index in [9.17, 15) is 14.7 Å². The molecule has 5 aromatic rings. The van der Waals surface area contributed by atoms with Crippen LogP contribution in [0.3, 0.4) is 0 Å². The van der Waals surface area contributed by atoms with Crippen LogP contribution in [0.2, 0.25) is 0 Å². The van der Waals surface area contributed by atoms with E-state index in [1.165, 1.54) is 0 Å². The molecule has 192 valence electrons. The molecule has 1 aliphatic heterocycles. The number of carbonyl (C=O) groups is 2. The van der Waals surface area contributed by atoms with Crippen molar-refractivity contribution in [2.24, 2.45) is 0 Å². The predicted octanol–water partition coefficient (Wildman–Crippen LogP) is 4.72. The topological polar surface area (TPSA) is 103 Å². The van der Waals surface area contributed by atoms with Gasteiger partial charge in [-0.3, -0.25) is 14.4 Å². The summed E-state index contributed by atoms with van der Waals surface area (Å²) in [5, 5.41) is 20.5. The molecule has 6 rings (SSSR count). The van der Waals surface area contributed by atoms with Gasteiger partial charge in [-0.25, -0.2) is 4.79 Å². The van der Waals surface area contributed by atoms with Crippen molar-refractivity contribution in [3.05, 3.63) is 101 Å². The highest BCUT2D eigenvalue weighted by Gasteiger charge is 2.28. The molecule has 1 amide bonds. The number of aromatic amines is 1. The average molecular weight is 508 g/mol. The van der Waals surface area contributed by atoms with E-state index >= 15 is 0 Å². The van der Waals surface area contributed by atoms with Gasteiger partial charge in [0.25, 0.3) is 5.91 Å². The monoisotopic (exact) mass is 507 g/mol. The molecule has 3 heterocycles. The van der Waals surface area contributed by atoms with Gasteiger partial charge in [0.05, 0.1) is 11.1 Å². The fourth-order valence-corrected chi connectivity index (χ4v) is 5.59. The number of aromatic carboxylic acids is 1. The van der Waals surface area contributed by atoms with Gasteiger partial charge in [0.2, 0.25) is 0 Å². The molecular weight excluding hydrogens is 478 g/mol. The highest BCUT2D eigenvalue weighted by Crippen LogP contribution is 2.28. The Bertz CT molecular complexity index is 1680. The Balaban J connectivity index is 1.23. The molecule has 3 aromatic carbocycles. The maximum Gasteiger partial charge on any atom is 0.337 e. The Morgan fingerprint density at radius 2 is 1.82 bits per heavy atom. The lowest BCUT2D eigenvalue weighted by Crippen LogP contribution is -2.32. The van der Waals surface area contributed by atoms with Crippen LogP contribution in [0.5, 0.6) is 0 Å². The number of benzene rings is 3. The van der Waals surface area contributed by atoms with Crippen LogP contribution in [0, 0.1) is 0 Å². The summed E-state index contributed by atoms with van der Waals surface area (Å²) in [6.07, 6.45) is 2.69. The van der Waals surface area contributed by atoms with Gasteiger partial charge in [0.15, 0.2) is 5.69 Å². The number of nitrogens with zero attached hydrogens (tertiary/aromatic N) is 3. The van der Waals surface area contributed by atoms with E-state index in [1.54, 1.807) is 12.1 Å². The number of rotatable bonds is 7. The molecule has 3 N–H and O–H groups in total. The van der Waals surface area contributed by atoms with Crippen molar-refractivity contribution < 1.29 is 14.7 Å². The van der Waals surface area contributed by atoms with E-state index in [-0.39, 0.29) is 11.5 Å². The summed E-state index contributed by atoms with van der Waals surface area (Å²) in [6, 6.07) is 19.6. The Hall–Kier alpha value is -4.43. The number of carboxylic acids is 1. The zero-order valence-corrected chi connectivity index (χ0v) is 21.2. The largest absolute Gasteiger partial charge is 0.478 e. The molecule has 8 heteroatoms. The second-order valence-corrected chi connectivity index (χ2v) is 9.72. The fourth-order valence-electron chi connectivity index (χ4n) is 5.59. The molecule has 8 nitrogen and oxygen atoms in total. The van der Waals surface area contributed by atoms with Crippen molar-refractivity contribution in [3.63, 3.8) is 0 Å². The number of hydrogen-bond acceptors (Lipinski definition) is 4. The highest BCUT2D eigenvalue weighted by atomic mass is 16.4. The molecule has 0 bridgehead atoms. The van der Waals surface area contributed by atoms with Crippen molar-refractivity contribution in [1.82, 2.24) is 25.0 Å². The Morgan fingerprint density at radius 1 is 1.03 bits per heavy atom. The molecule has 1 aliphatic rings. The number of nitrogens with one attached hydrogen (secondary N) is 2. The first-order chi connectivity index (χ1) is 18.5. The first kappa shape index (κ1) is 23.9. The second-order valence-electron chi connectivity index (χ2n) is 9.72. The molecular formula is C30H29N5O3. The number of para-hydroxylation sites is 1.